The summed E-state index contributed by atoms with van der Waals surface area (Å²) in [5.74, 6) is 0. The van der Waals surface area contributed by atoms with Gasteiger partial charge in [0.1, 0.15) is 0 Å². The Morgan fingerprint density at radius 2 is 1.95 bits per heavy atom. The molecule has 1 aromatic carbocycles. The minimum absolute atomic E-state index is 0.114. The first-order chi connectivity index (χ1) is 9.88. The number of rotatable bonds is 8. The predicted octanol–water partition coefficient (Wildman–Crippen LogP) is 4.12. The van der Waals surface area contributed by atoms with E-state index in [1.165, 1.54) is 0 Å². The van der Waals surface area contributed by atoms with Crippen LogP contribution in [-0.4, -0.2) is 29.7 Å². The van der Waals surface area contributed by atoms with Crippen molar-refractivity contribution in [3.63, 3.8) is 0 Å². The summed E-state index contributed by atoms with van der Waals surface area (Å²) in [6, 6.07) is 7.89. The zero-order valence-electron chi connectivity index (χ0n) is 12.6. The van der Waals surface area contributed by atoms with Gasteiger partial charge in [0.2, 0.25) is 0 Å². The Morgan fingerprint density at radius 1 is 1.24 bits per heavy atom. The lowest BCUT2D eigenvalue weighted by Gasteiger charge is -2.23. The highest BCUT2D eigenvalue weighted by molar-refractivity contribution is 6.42. The van der Waals surface area contributed by atoms with E-state index in [-0.39, 0.29) is 12.0 Å². The Morgan fingerprint density at radius 3 is 2.52 bits per heavy atom. The molecule has 5 heteroatoms. The molecule has 1 rings (SSSR count). The van der Waals surface area contributed by atoms with E-state index in [2.05, 4.69) is 11.0 Å². The molecule has 0 atom stereocenters. The Hall–Kier alpha value is -0.790. The van der Waals surface area contributed by atoms with Crippen LogP contribution in [0.2, 0.25) is 10.0 Å². The number of aliphatic hydroxyl groups is 1. The molecular weight excluding hydrogens is 307 g/mol. The maximum atomic E-state index is 9.18. The summed E-state index contributed by atoms with van der Waals surface area (Å²) in [7, 11) is 0. The molecule has 0 bridgehead atoms. The number of aliphatic hydroxyl groups excluding tert-OH is 1. The van der Waals surface area contributed by atoms with Crippen molar-refractivity contribution in [2.24, 2.45) is 5.41 Å². The van der Waals surface area contributed by atoms with Gasteiger partial charge in [-0.3, -0.25) is 4.90 Å². The second-order valence-corrected chi connectivity index (χ2v) is 6.66. The first kappa shape index (κ1) is 18.3. The number of benzene rings is 1. The summed E-state index contributed by atoms with van der Waals surface area (Å²) in [4.78, 5) is 2.16. The van der Waals surface area contributed by atoms with Crippen LogP contribution in [0.15, 0.2) is 18.2 Å². The lowest BCUT2D eigenvalue weighted by atomic mass is 9.90. The molecule has 3 nitrogen and oxygen atoms in total. The van der Waals surface area contributed by atoms with Gasteiger partial charge < -0.3 is 5.11 Å². The fourth-order valence-electron chi connectivity index (χ4n) is 2.11. The molecule has 0 heterocycles. The third-order valence-electron chi connectivity index (χ3n) is 3.39. The lowest BCUT2D eigenvalue weighted by Crippen LogP contribution is -2.28. The molecule has 1 N–H and O–H groups in total. The minimum Gasteiger partial charge on any atom is -0.395 e. The van der Waals surface area contributed by atoms with E-state index in [4.69, 9.17) is 28.5 Å². The van der Waals surface area contributed by atoms with Crippen molar-refractivity contribution >= 4 is 23.2 Å². The molecule has 116 valence electrons. The van der Waals surface area contributed by atoms with Gasteiger partial charge in [-0.2, -0.15) is 5.26 Å². The van der Waals surface area contributed by atoms with Gasteiger partial charge in [-0.25, -0.2) is 0 Å². The number of halogens is 2. The van der Waals surface area contributed by atoms with E-state index in [1.54, 1.807) is 6.07 Å². The maximum Gasteiger partial charge on any atom is 0.0683 e. The van der Waals surface area contributed by atoms with Crippen molar-refractivity contribution in [2.75, 3.05) is 19.7 Å². The summed E-state index contributed by atoms with van der Waals surface area (Å²) in [5.41, 5.74) is 0.770. The molecule has 0 aliphatic rings. The monoisotopic (exact) mass is 328 g/mol. The number of nitriles is 1. The van der Waals surface area contributed by atoms with Gasteiger partial charge in [0.15, 0.2) is 0 Å². The SMILES string of the molecule is CC(C)(C#N)CCCN(CCO)Cc1ccc(Cl)c(Cl)c1. The molecule has 0 saturated carbocycles. The Bertz CT molecular complexity index is 498. The molecule has 0 saturated heterocycles. The topological polar surface area (TPSA) is 47.3 Å². The molecule has 0 unspecified atom stereocenters. The molecule has 0 aromatic heterocycles. The largest absolute Gasteiger partial charge is 0.395 e. The number of nitrogens with zero attached hydrogens (tertiary/aromatic N) is 2. The summed E-state index contributed by atoms with van der Waals surface area (Å²) < 4.78 is 0. The van der Waals surface area contributed by atoms with Crippen LogP contribution >= 0.6 is 23.2 Å². The van der Waals surface area contributed by atoms with Crippen LogP contribution in [0, 0.1) is 16.7 Å². The second-order valence-electron chi connectivity index (χ2n) is 5.85. The summed E-state index contributed by atoms with van der Waals surface area (Å²) >= 11 is 11.9. The fourth-order valence-corrected chi connectivity index (χ4v) is 2.43. The van der Waals surface area contributed by atoms with Crippen LogP contribution < -0.4 is 0 Å². The van der Waals surface area contributed by atoms with Gasteiger partial charge in [-0.05, 0) is 50.9 Å². The predicted molar refractivity (Wildman–Crippen MR) is 87.5 cm³/mol. The fraction of sp³-hybridized carbons (Fsp3) is 0.562. The minimum atomic E-state index is -0.297. The number of hydrogen-bond acceptors (Lipinski definition) is 3. The van der Waals surface area contributed by atoms with Gasteiger partial charge >= 0.3 is 0 Å². The average Bonchev–Trinajstić information content (AvgIpc) is 2.43. The normalized spacial score (nSPS) is 11.7. The van der Waals surface area contributed by atoms with Crippen LogP contribution in [0.1, 0.15) is 32.3 Å². The Balaban J connectivity index is 2.57. The van der Waals surface area contributed by atoms with E-state index in [0.717, 1.165) is 24.9 Å². The third kappa shape index (κ3) is 6.67. The Kier molecular flexibility index (Phi) is 7.48. The van der Waals surface area contributed by atoms with Gasteiger partial charge in [-0.1, -0.05) is 29.3 Å². The van der Waals surface area contributed by atoms with Gasteiger partial charge in [0.25, 0.3) is 0 Å². The average molecular weight is 329 g/mol. The Labute approximate surface area is 137 Å². The molecule has 0 aliphatic carbocycles. The molecule has 0 aliphatic heterocycles. The molecule has 21 heavy (non-hydrogen) atoms. The van der Waals surface area contributed by atoms with E-state index >= 15 is 0 Å². The first-order valence-corrected chi connectivity index (χ1v) is 7.82. The maximum absolute atomic E-state index is 9.18. The molecular formula is C16H22Cl2N2O. The van der Waals surface area contributed by atoms with Crippen LogP contribution in [-0.2, 0) is 6.54 Å². The summed E-state index contributed by atoms with van der Waals surface area (Å²) in [6.07, 6.45) is 1.76. The zero-order valence-corrected chi connectivity index (χ0v) is 14.1. The third-order valence-corrected chi connectivity index (χ3v) is 4.12. The standard InChI is InChI=1S/C16H22Cl2N2O/c1-16(2,12-19)6-3-7-20(8-9-21)11-13-4-5-14(17)15(18)10-13/h4-5,10,21H,3,6-9,11H2,1-2H3. The highest BCUT2D eigenvalue weighted by Gasteiger charge is 2.16. The molecule has 0 spiro atoms. The zero-order chi connectivity index (χ0) is 15.9. The second kappa shape index (κ2) is 8.60. The van der Waals surface area contributed by atoms with Gasteiger partial charge in [-0.15, -0.1) is 0 Å². The van der Waals surface area contributed by atoms with Crippen molar-refractivity contribution in [3.05, 3.63) is 33.8 Å². The summed E-state index contributed by atoms with van der Waals surface area (Å²) in [5, 5.41) is 19.3. The van der Waals surface area contributed by atoms with E-state index in [1.807, 2.05) is 26.0 Å². The van der Waals surface area contributed by atoms with Gasteiger partial charge in [0.05, 0.1) is 28.1 Å². The van der Waals surface area contributed by atoms with Crippen molar-refractivity contribution in [2.45, 2.75) is 33.2 Å². The molecule has 0 fully saturated rings. The van der Waals surface area contributed by atoms with Crippen LogP contribution in [0.5, 0.6) is 0 Å². The quantitative estimate of drug-likeness (QED) is 0.780. The van der Waals surface area contributed by atoms with Crippen molar-refractivity contribution < 1.29 is 5.11 Å². The van der Waals surface area contributed by atoms with Crippen molar-refractivity contribution in [1.29, 1.82) is 5.26 Å². The first-order valence-electron chi connectivity index (χ1n) is 7.06. The van der Waals surface area contributed by atoms with Crippen molar-refractivity contribution in [1.82, 2.24) is 4.90 Å². The van der Waals surface area contributed by atoms with Crippen LogP contribution in [0.25, 0.3) is 0 Å². The highest BCUT2D eigenvalue weighted by atomic mass is 35.5. The van der Waals surface area contributed by atoms with Gasteiger partial charge in [0, 0.05) is 13.1 Å². The highest BCUT2D eigenvalue weighted by Crippen LogP contribution is 2.24. The van der Waals surface area contributed by atoms with Crippen molar-refractivity contribution in [3.8, 4) is 6.07 Å². The summed E-state index contributed by atoms with van der Waals surface area (Å²) in [6.45, 7) is 6.16. The molecule has 0 radical (unpaired) electrons. The van der Waals surface area contributed by atoms with Crippen LogP contribution in [0.3, 0.4) is 0 Å². The number of hydrogen-bond donors (Lipinski definition) is 1. The smallest absolute Gasteiger partial charge is 0.0683 e. The van der Waals surface area contributed by atoms with Crippen LogP contribution in [0.4, 0.5) is 0 Å². The molecule has 0 amide bonds. The van der Waals surface area contributed by atoms with E-state index in [9.17, 15) is 5.11 Å². The van der Waals surface area contributed by atoms with E-state index in [0.29, 0.717) is 23.1 Å². The lowest BCUT2D eigenvalue weighted by molar-refractivity contribution is 0.184. The van der Waals surface area contributed by atoms with E-state index < -0.39 is 0 Å². The molecule has 1 aromatic rings.